The minimum Gasteiger partial charge on any atom is -0.473 e. The van der Waals surface area contributed by atoms with Gasteiger partial charge in [-0.2, -0.15) is 0 Å². The molecule has 0 bridgehead atoms. The van der Waals surface area contributed by atoms with E-state index in [0.717, 1.165) is 5.56 Å². The first kappa shape index (κ1) is 21.9. The van der Waals surface area contributed by atoms with E-state index in [-0.39, 0.29) is 13.4 Å². The van der Waals surface area contributed by atoms with E-state index in [4.69, 9.17) is 4.74 Å². The van der Waals surface area contributed by atoms with Crippen molar-refractivity contribution in [1.82, 2.24) is 15.3 Å². The average Bonchev–Trinajstić information content (AvgIpc) is 2.75. The Morgan fingerprint density at radius 3 is 2.50 bits per heavy atom. The Morgan fingerprint density at radius 1 is 1.18 bits per heavy atom. The third-order valence-electron chi connectivity index (χ3n) is 5.16. The van der Waals surface area contributed by atoms with Gasteiger partial charge in [0.25, 0.3) is 5.91 Å². The summed E-state index contributed by atoms with van der Waals surface area (Å²) in [5, 5.41) is 3.16. The predicted octanol–water partition coefficient (Wildman–Crippen LogP) is 5.33. The molecule has 2 aromatic rings. The van der Waals surface area contributed by atoms with Crippen LogP contribution in [0.1, 0.15) is 75.9 Å². The van der Waals surface area contributed by atoms with Gasteiger partial charge in [-0.1, -0.05) is 33.1 Å². The minimum atomic E-state index is -0.0474. The van der Waals surface area contributed by atoms with E-state index >= 15 is 0 Å². The van der Waals surface area contributed by atoms with Gasteiger partial charge >= 0.3 is 0 Å². The van der Waals surface area contributed by atoms with Crippen LogP contribution in [0, 0.1) is 12.8 Å². The fourth-order valence-electron chi connectivity index (χ4n) is 3.53. The predicted molar refractivity (Wildman–Crippen MR) is 115 cm³/mol. The van der Waals surface area contributed by atoms with Crippen molar-refractivity contribution in [2.75, 3.05) is 0 Å². The molecular weight excluding hydrogens is 350 g/mol. The zero-order chi connectivity index (χ0) is 20.4. The lowest BCUT2D eigenvalue weighted by Gasteiger charge is -2.28. The van der Waals surface area contributed by atoms with Gasteiger partial charge in [0, 0.05) is 25.9 Å². The van der Waals surface area contributed by atoms with E-state index in [9.17, 15) is 4.79 Å². The van der Waals surface area contributed by atoms with E-state index < -0.39 is 0 Å². The standard InChI is InChI=1S/C21H27N3O2.C2H6.H2/c1-15(18-6-4-3-5-7-18)24-21(25)19-8-9-20(23-16(19)2)26-14-17-10-12-22-13-11-17;1-2;/h8-13,15,18H,3-7,14H2,1-2H3,(H,24,25);1-2H3;1H/t15-;;/m1../s1. The number of nitrogens with zero attached hydrogens (tertiary/aromatic N) is 2. The summed E-state index contributed by atoms with van der Waals surface area (Å²) in [6.07, 6.45) is 9.75. The Labute approximate surface area is 170 Å². The molecule has 5 nitrogen and oxygen atoms in total. The lowest BCUT2D eigenvalue weighted by molar-refractivity contribution is 0.0918. The maximum atomic E-state index is 12.6. The van der Waals surface area contributed by atoms with Gasteiger partial charge in [0.15, 0.2) is 0 Å². The van der Waals surface area contributed by atoms with Crippen LogP contribution in [0.25, 0.3) is 0 Å². The van der Waals surface area contributed by atoms with Gasteiger partial charge in [0.05, 0.1) is 11.3 Å². The molecule has 1 fully saturated rings. The van der Waals surface area contributed by atoms with E-state index in [1.165, 1.54) is 32.1 Å². The van der Waals surface area contributed by atoms with Crippen molar-refractivity contribution < 1.29 is 11.0 Å². The van der Waals surface area contributed by atoms with Crippen LogP contribution in [0.15, 0.2) is 36.7 Å². The molecule has 28 heavy (non-hydrogen) atoms. The van der Waals surface area contributed by atoms with Crippen molar-refractivity contribution in [2.45, 2.75) is 72.4 Å². The highest BCUT2D eigenvalue weighted by molar-refractivity contribution is 5.95. The fraction of sp³-hybridized carbons (Fsp3) is 0.522. The maximum Gasteiger partial charge on any atom is 0.253 e. The van der Waals surface area contributed by atoms with Gasteiger partial charge in [-0.15, -0.1) is 0 Å². The van der Waals surface area contributed by atoms with Crippen molar-refractivity contribution in [3.8, 4) is 5.88 Å². The Morgan fingerprint density at radius 2 is 1.86 bits per heavy atom. The molecule has 0 aromatic carbocycles. The van der Waals surface area contributed by atoms with Crippen molar-refractivity contribution in [1.29, 1.82) is 0 Å². The molecule has 0 radical (unpaired) electrons. The lowest BCUT2D eigenvalue weighted by atomic mass is 9.84. The van der Waals surface area contributed by atoms with Crippen LogP contribution < -0.4 is 10.1 Å². The summed E-state index contributed by atoms with van der Waals surface area (Å²) in [4.78, 5) is 21.0. The summed E-state index contributed by atoms with van der Waals surface area (Å²) in [7, 11) is 0. The van der Waals surface area contributed by atoms with Gasteiger partial charge in [-0.05, 0) is 56.4 Å². The van der Waals surface area contributed by atoms with Crippen molar-refractivity contribution in [3.05, 3.63) is 53.5 Å². The Kier molecular flexibility index (Phi) is 8.92. The van der Waals surface area contributed by atoms with Crippen LogP contribution >= 0.6 is 0 Å². The molecule has 1 saturated carbocycles. The first-order valence-corrected chi connectivity index (χ1v) is 10.4. The van der Waals surface area contributed by atoms with Gasteiger partial charge in [0.2, 0.25) is 5.88 Å². The topological polar surface area (TPSA) is 64.1 Å². The van der Waals surface area contributed by atoms with Gasteiger partial charge in [0.1, 0.15) is 6.61 Å². The second-order valence-corrected chi connectivity index (χ2v) is 7.09. The monoisotopic (exact) mass is 385 g/mol. The smallest absolute Gasteiger partial charge is 0.253 e. The molecule has 0 spiro atoms. The summed E-state index contributed by atoms with van der Waals surface area (Å²) >= 11 is 0. The number of ether oxygens (including phenoxy) is 1. The molecule has 0 unspecified atom stereocenters. The van der Waals surface area contributed by atoms with Crippen LogP contribution in [0.2, 0.25) is 0 Å². The van der Waals surface area contributed by atoms with Crippen molar-refractivity contribution >= 4 is 5.91 Å². The molecule has 1 N–H and O–H groups in total. The third kappa shape index (κ3) is 6.32. The normalized spacial score (nSPS) is 15.1. The van der Waals surface area contributed by atoms with E-state index in [2.05, 4.69) is 22.2 Å². The second kappa shape index (κ2) is 11.4. The number of nitrogens with one attached hydrogen (secondary N) is 1. The molecule has 1 aliphatic rings. The summed E-state index contributed by atoms with van der Waals surface area (Å²) in [6, 6.07) is 7.56. The van der Waals surface area contributed by atoms with Crippen LogP contribution in [-0.4, -0.2) is 21.9 Å². The summed E-state index contributed by atoms with van der Waals surface area (Å²) < 4.78 is 5.71. The average molecular weight is 386 g/mol. The maximum absolute atomic E-state index is 12.6. The minimum absolute atomic E-state index is 0. The zero-order valence-corrected chi connectivity index (χ0v) is 17.6. The number of hydrogen-bond donors (Lipinski definition) is 1. The SMILES string of the molecule is CC.Cc1nc(OCc2ccncc2)ccc1C(=O)N[C@H](C)C1CCCCC1.[HH]. The molecule has 0 aliphatic heterocycles. The molecule has 1 aliphatic carbocycles. The van der Waals surface area contributed by atoms with E-state index in [1.54, 1.807) is 24.5 Å². The van der Waals surface area contributed by atoms with Crippen LogP contribution in [0.4, 0.5) is 0 Å². The Balaban J connectivity index is 0.00000136. The quantitative estimate of drug-likeness (QED) is 0.729. The second-order valence-electron chi connectivity index (χ2n) is 7.09. The van der Waals surface area contributed by atoms with Crippen LogP contribution in [0.3, 0.4) is 0 Å². The Bertz CT molecular complexity index is 734. The molecular formula is C23H35N3O2. The molecule has 2 aromatic heterocycles. The summed E-state index contributed by atoms with van der Waals surface area (Å²) in [6.45, 7) is 8.39. The molecule has 1 amide bonds. The number of carbonyl (C=O) groups is 1. The third-order valence-corrected chi connectivity index (χ3v) is 5.16. The molecule has 3 rings (SSSR count). The molecule has 1 atom stereocenters. The molecule has 5 heteroatoms. The van der Waals surface area contributed by atoms with Crippen molar-refractivity contribution in [3.63, 3.8) is 0 Å². The highest BCUT2D eigenvalue weighted by Gasteiger charge is 2.22. The number of carbonyl (C=O) groups excluding carboxylic acids is 1. The fourth-order valence-corrected chi connectivity index (χ4v) is 3.53. The number of aryl methyl sites for hydroxylation is 1. The van der Waals surface area contributed by atoms with E-state index in [1.807, 2.05) is 32.9 Å². The highest BCUT2D eigenvalue weighted by atomic mass is 16.5. The number of aromatic nitrogens is 2. The van der Waals surface area contributed by atoms with Crippen LogP contribution in [0.5, 0.6) is 5.88 Å². The van der Waals surface area contributed by atoms with Crippen molar-refractivity contribution in [2.24, 2.45) is 5.92 Å². The lowest BCUT2D eigenvalue weighted by Crippen LogP contribution is -2.39. The molecule has 0 saturated heterocycles. The molecule has 154 valence electrons. The summed E-state index contributed by atoms with van der Waals surface area (Å²) in [5.41, 5.74) is 2.33. The highest BCUT2D eigenvalue weighted by Crippen LogP contribution is 2.26. The number of hydrogen-bond acceptors (Lipinski definition) is 4. The first-order chi connectivity index (χ1) is 13.6. The van der Waals surface area contributed by atoms with Gasteiger partial charge < -0.3 is 10.1 Å². The van der Waals surface area contributed by atoms with Crippen LogP contribution in [-0.2, 0) is 6.61 Å². The van der Waals surface area contributed by atoms with Gasteiger partial charge in [-0.25, -0.2) is 4.98 Å². The van der Waals surface area contributed by atoms with E-state index in [0.29, 0.717) is 29.7 Å². The largest absolute Gasteiger partial charge is 0.473 e. The Hall–Kier alpha value is -2.43. The summed E-state index contributed by atoms with van der Waals surface area (Å²) in [5.74, 6) is 1.06. The first-order valence-electron chi connectivity index (χ1n) is 10.4. The number of amides is 1. The zero-order valence-electron chi connectivity index (χ0n) is 17.6. The van der Waals surface area contributed by atoms with Gasteiger partial charge in [-0.3, -0.25) is 9.78 Å². The number of rotatable bonds is 6. The number of pyridine rings is 2. The molecule has 2 heterocycles.